The van der Waals surface area contributed by atoms with Gasteiger partial charge >= 0.3 is 6.36 Å². The van der Waals surface area contributed by atoms with Crippen molar-refractivity contribution in [1.82, 2.24) is 4.98 Å². The lowest BCUT2D eigenvalue weighted by molar-refractivity contribution is -0.274. The maximum atomic E-state index is 12.3. The molecule has 0 spiro atoms. The Hall–Kier alpha value is -1.76. The van der Waals surface area contributed by atoms with Crippen LogP contribution >= 0.6 is 11.3 Å². The summed E-state index contributed by atoms with van der Waals surface area (Å²) in [5.74, 6) is -0.210. The molecule has 0 saturated carbocycles. The zero-order valence-corrected chi connectivity index (χ0v) is 12.6. The Morgan fingerprint density at radius 3 is 2.64 bits per heavy atom. The highest BCUT2D eigenvalue weighted by molar-refractivity contribution is 7.18. The number of anilines is 1. The van der Waals surface area contributed by atoms with E-state index < -0.39 is 6.36 Å². The van der Waals surface area contributed by atoms with Crippen LogP contribution in [0.25, 0.3) is 10.4 Å². The molecule has 22 heavy (non-hydrogen) atoms. The van der Waals surface area contributed by atoms with Gasteiger partial charge in [0.05, 0.1) is 4.88 Å². The number of alkyl halides is 3. The van der Waals surface area contributed by atoms with Crippen molar-refractivity contribution >= 4 is 16.5 Å². The second-order valence-electron chi connectivity index (χ2n) is 5.13. The first-order valence-corrected chi connectivity index (χ1v) is 7.90. The molecule has 1 saturated heterocycles. The minimum atomic E-state index is -4.68. The monoisotopic (exact) mass is 328 g/mol. The molecule has 1 aromatic carbocycles. The van der Waals surface area contributed by atoms with E-state index in [1.807, 2.05) is 0 Å². The number of thiazole rings is 1. The predicted molar refractivity (Wildman–Crippen MR) is 80.3 cm³/mol. The van der Waals surface area contributed by atoms with Crippen LogP contribution in [0.1, 0.15) is 19.3 Å². The average molecular weight is 328 g/mol. The fourth-order valence-corrected chi connectivity index (χ4v) is 3.44. The van der Waals surface area contributed by atoms with Crippen molar-refractivity contribution in [2.24, 2.45) is 0 Å². The molecule has 2 heterocycles. The number of aromatic nitrogens is 1. The van der Waals surface area contributed by atoms with Crippen LogP contribution in [-0.2, 0) is 0 Å². The van der Waals surface area contributed by atoms with E-state index in [4.69, 9.17) is 0 Å². The van der Waals surface area contributed by atoms with Crippen LogP contribution in [0.15, 0.2) is 30.5 Å². The average Bonchev–Trinajstić information content (AvgIpc) is 2.96. The van der Waals surface area contributed by atoms with E-state index >= 15 is 0 Å². The summed E-state index contributed by atoms with van der Waals surface area (Å²) in [5.41, 5.74) is 0.683. The summed E-state index contributed by atoms with van der Waals surface area (Å²) in [7, 11) is 0. The van der Waals surface area contributed by atoms with Gasteiger partial charge in [-0.05, 0) is 37.0 Å². The minimum absolute atomic E-state index is 0.210. The third kappa shape index (κ3) is 3.71. The van der Waals surface area contributed by atoms with Crippen LogP contribution in [-0.4, -0.2) is 24.4 Å². The normalized spacial score (nSPS) is 15.9. The number of rotatable bonds is 3. The van der Waals surface area contributed by atoms with Crippen LogP contribution in [0.4, 0.5) is 18.3 Å². The van der Waals surface area contributed by atoms with E-state index in [1.165, 1.54) is 29.9 Å². The van der Waals surface area contributed by atoms with Gasteiger partial charge in [0.2, 0.25) is 0 Å². The minimum Gasteiger partial charge on any atom is -0.406 e. The zero-order chi connectivity index (χ0) is 15.6. The Bertz CT molecular complexity index is 636. The molecule has 0 amide bonds. The van der Waals surface area contributed by atoms with Gasteiger partial charge in [-0.15, -0.1) is 13.2 Å². The van der Waals surface area contributed by atoms with E-state index in [0.717, 1.165) is 35.9 Å². The summed E-state index contributed by atoms with van der Waals surface area (Å²) in [6.07, 6.45) is 0.589. The predicted octanol–water partition coefficient (Wildman–Crippen LogP) is 4.70. The Morgan fingerprint density at radius 1 is 1.14 bits per heavy atom. The molecule has 1 aliphatic heterocycles. The molecule has 0 bridgehead atoms. The first kappa shape index (κ1) is 15.1. The summed E-state index contributed by atoms with van der Waals surface area (Å²) >= 11 is 1.50. The van der Waals surface area contributed by atoms with Crippen LogP contribution < -0.4 is 9.64 Å². The molecule has 0 aliphatic carbocycles. The van der Waals surface area contributed by atoms with Gasteiger partial charge in [-0.3, -0.25) is 0 Å². The number of nitrogens with zero attached hydrogens (tertiary/aromatic N) is 2. The van der Waals surface area contributed by atoms with Crippen molar-refractivity contribution in [2.45, 2.75) is 25.6 Å². The fraction of sp³-hybridized carbons (Fsp3) is 0.400. The van der Waals surface area contributed by atoms with Gasteiger partial charge in [0.15, 0.2) is 5.13 Å². The van der Waals surface area contributed by atoms with E-state index in [0.29, 0.717) is 5.56 Å². The summed E-state index contributed by atoms with van der Waals surface area (Å²) in [6, 6.07) is 6.00. The van der Waals surface area contributed by atoms with E-state index in [2.05, 4.69) is 14.6 Å². The van der Waals surface area contributed by atoms with Crippen LogP contribution in [0, 0.1) is 0 Å². The molecule has 1 aliphatic rings. The molecule has 7 heteroatoms. The molecule has 3 nitrogen and oxygen atoms in total. The molecule has 0 unspecified atom stereocenters. The van der Waals surface area contributed by atoms with Crippen LogP contribution in [0.5, 0.6) is 5.75 Å². The Labute approximate surface area is 130 Å². The Morgan fingerprint density at radius 2 is 1.91 bits per heavy atom. The first-order chi connectivity index (χ1) is 10.5. The van der Waals surface area contributed by atoms with Gasteiger partial charge in [-0.1, -0.05) is 23.5 Å². The molecule has 2 aromatic rings. The van der Waals surface area contributed by atoms with Crippen molar-refractivity contribution in [3.05, 3.63) is 30.5 Å². The molecule has 1 fully saturated rings. The van der Waals surface area contributed by atoms with Crippen molar-refractivity contribution in [2.75, 3.05) is 18.0 Å². The summed E-state index contributed by atoms with van der Waals surface area (Å²) in [6.45, 7) is 1.98. The van der Waals surface area contributed by atoms with Gasteiger partial charge in [-0.2, -0.15) is 0 Å². The number of piperidine rings is 1. The zero-order valence-electron chi connectivity index (χ0n) is 11.8. The van der Waals surface area contributed by atoms with Gasteiger partial charge in [-0.25, -0.2) is 4.98 Å². The third-order valence-corrected chi connectivity index (χ3v) is 4.58. The van der Waals surface area contributed by atoms with Crippen molar-refractivity contribution < 1.29 is 17.9 Å². The van der Waals surface area contributed by atoms with Crippen molar-refractivity contribution in [3.63, 3.8) is 0 Å². The second kappa shape index (κ2) is 6.16. The molecule has 0 atom stereocenters. The van der Waals surface area contributed by atoms with E-state index in [9.17, 15) is 13.2 Å². The van der Waals surface area contributed by atoms with Gasteiger partial charge < -0.3 is 9.64 Å². The Balaban J connectivity index is 1.79. The highest BCUT2D eigenvalue weighted by Crippen LogP contribution is 2.34. The molecular formula is C15H15F3N2OS. The summed E-state index contributed by atoms with van der Waals surface area (Å²) in [5, 5.41) is 0.928. The number of hydrogen-bond donors (Lipinski definition) is 0. The van der Waals surface area contributed by atoms with Crippen molar-refractivity contribution in [3.8, 4) is 16.2 Å². The lowest BCUT2D eigenvalue weighted by Crippen LogP contribution is -2.29. The highest BCUT2D eigenvalue weighted by Gasteiger charge is 2.31. The quantitative estimate of drug-likeness (QED) is 0.817. The number of hydrogen-bond acceptors (Lipinski definition) is 4. The lowest BCUT2D eigenvalue weighted by atomic mass is 10.1. The van der Waals surface area contributed by atoms with Crippen LogP contribution in [0.2, 0.25) is 0 Å². The molecule has 3 rings (SSSR count). The molecule has 1 aromatic heterocycles. The van der Waals surface area contributed by atoms with Crippen LogP contribution in [0.3, 0.4) is 0 Å². The van der Waals surface area contributed by atoms with Gasteiger partial charge in [0, 0.05) is 19.3 Å². The SMILES string of the molecule is FC(F)(F)Oc1cccc(-c2cnc(N3CCCCC3)s2)c1. The highest BCUT2D eigenvalue weighted by atomic mass is 32.1. The third-order valence-electron chi connectivity index (χ3n) is 3.47. The summed E-state index contributed by atoms with van der Waals surface area (Å²) in [4.78, 5) is 7.47. The first-order valence-electron chi connectivity index (χ1n) is 7.08. The topological polar surface area (TPSA) is 25.4 Å². The largest absolute Gasteiger partial charge is 0.573 e. The standard InChI is InChI=1S/C15H15F3N2OS/c16-15(17,18)21-12-6-4-5-11(9-12)13-10-19-14(22-13)20-7-2-1-3-8-20/h4-6,9-10H,1-3,7-8H2. The van der Waals surface area contributed by atoms with E-state index in [1.54, 1.807) is 18.3 Å². The van der Waals surface area contributed by atoms with Gasteiger partial charge in [0.25, 0.3) is 0 Å². The molecule has 0 radical (unpaired) electrons. The molecular weight excluding hydrogens is 313 g/mol. The number of halogens is 3. The Kier molecular flexibility index (Phi) is 4.24. The number of benzene rings is 1. The van der Waals surface area contributed by atoms with E-state index in [-0.39, 0.29) is 5.75 Å². The molecule has 0 N–H and O–H groups in total. The number of ether oxygens (including phenoxy) is 1. The molecule has 118 valence electrons. The maximum Gasteiger partial charge on any atom is 0.573 e. The summed E-state index contributed by atoms with van der Waals surface area (Å²) < 4.78 is 40.8. The van der Waals surface area contributed by atoms with Crippen molar-refractivity contribution in [1.29, 1.82) is 0 Å². The fourth-order valence-electron chi connectivity index (χ4n) is 2.48. The van der Waals surface area contributed by atoms with Gasteiger partial charge in [0.1, 0.15) is 5.75 Å². The second-order valence-corrected chi connectivity index (χ2v) is 6.14. The lowest BCUT2D eigenvalue weighted by Gasteiger charge is -2.25. The maximum absolute atomic E-state index is 12.3. The smallest absolute Gasteiger partial charge is 0.406 e.